The molecule has 0 aliphatic rings. The molecule has 1 radical (unpaired) electrons. The van der Waals surface area contributed by atoms with Gasteiger partial charge in [-0.15, -0.1) is 0 Å². The fourth-order valence-electron chi connectivity index (χ4n) is 1.40. The van der Waals surface area contributed by atoms with Crippen molar-refractivity contribution >= 4 is 17.0 Å². The number of aromatic amines is 1. The van der Waals surface area contributed by atoms with Crippen LogP contribution in [0.4, 0.5) is 0 Å². The largest absolute Gasteiger partial charge is 0.506 e. The molecule has 1 aromatic heterocycles. The molecule has 1 aromatic carbocycles. The molecule has 0 aliphatic heterocycles. The summed E-state index contributed by atoms with van der Waals surface area (Å²) in [6.07, 6.45) is 5.08. The van der Waals surface area contributed by atoms with Gasteiger partial charge < -0.3 is 23.3 Å². The van der Waals surface area contributed by atoms with E-state index in [2.05, 4.69) is 4.98 Å². The third-order valence-corrected chi connectivity index (χ3v) is 2.00. The average Bonchev–Trinajstić information content (AvgIpc) is 2.51. The molecule has 0 amide bonds. The minimum atomic E-state index is 0. The van der Waals surface area contributed by atoms with Crippen molar-refractivity contribution in [1.29, 1.82) is 0 Å². The van der Waals surface area contributed by atoms with Crippen LogP contribution in [0.2, 0.25) is 0 Å². The number of para-hydroxylation sites is 1. The van der Waals surface area contributed by atoms with E-state index >= 15 is 0 Å². The number of nitrogens with one attached hydrogen (secondary N) is 1. The molecule has 4 heteroatoms. The van der Waals surface area contributed by atoms with Crippen molar-refractivity contribution in [3.8, 4) is 5.75 Å². The predicted molar refractivity (Wildman–Crippen MR) is 59.6 cm³/mol. The fraction of sp³-hybridized carbons (Fsp3) is 0. The van der Waals surface area contributed by atoms with Gasteiger partial charge in [-0.2, -0.15) is 0 Å². The van der Waals surface area contributed by atoms with Crippen LogP contribution < -0.4 is 5.73 Å². The Balaban J connectivity index is 0.000000980. The molecule has 0 saturated heterocycles. The zero-order valence-electron chi connectivity index (χ0n) is 8.37. The van der Waals surface area contributed by atoms with Gasteiger partial charge in [-0.25, -0.2) is 0 Å². The number of benzene rings is 1. The fourth-order valence-corrected chi connectivity index (χ4v) is 1.40. The Morgan fingerprint density at radius 3 is 2.73 bits per heavy atom. The minimum absolute atomic E-state index is 0. The summed E-state index contributed by atoms with van der Waals surface area (Å²) in [5.74, 6) is 0.258. The molecular weight excluding hydrogens is 231 g/mol. The van der Waals surface area contributed by atoms with Crippen molar-refractivity contribution in [2.24, 2.45) is 5.73 Å². The molecule has 0 spiro atoms. The van der Waals surface area contributed by atoms with Crippen LogP contribution in [0.25, 0.3) is 17.0 Å². The van der Waals surface area contributed by atoms with E-state index in [-0.39, 0.29) is 30.2 Å². The summed E-state index contributed by atoms with van der Waals surface area (Å²) in [6, 6.07) is 5.38. The third kappa shape index (κ3) is 2.35. The Morgan fingerprint density at radius 1 is 1.33 bits per heavy atom. The molecule has 0 saturated carbocycles. The smallest absolute Gasteiger partial charge is 0.139 e. The Kier molecular flexibility index (Phi) is 4.98. The summed E-state index contributed by atoms with van der Waals surface area (Å²) in [5.41, 5.74) is 7.02. The molecule has 15 heavy (non-hydrogen) atoms. The molecule has 4 N–H and O–H groups in total. The maximum atomic E-state index is 9.47. The summed E-state index contributed by atoms with van der Waals surface area (Å²) >= 11 is 0. The number of rotatable bonds is 1. The van der Waals surface area contributed by atoms with Crippen LogP contribution in [0.3, 0.4) is 0 Å². The maximum Gasteiger partial charge on any atom is 0.139 e. The number of H-pyrrole nitrogens is 1. The maximum absolute atomic E-state index is 9.47. The third-order valence-electron chi connectivity index (χ3n) is 2.00. The molecule has 2 rings (SSSR count). The first-order valence-electron chi connectivity index (χ1n) is 4.00. The summed E-state index contributed by atoms with van der Waals surface area (Å²) in [4.78, 5) is 2.98. The van der Waals surface area contributed by atoms with Gasteiger partial charge >= 0.3 is 0 Å². The normalized spacial score (nSPS) is 9.87. The topological polar surface area (TPSA) is 62.0 Å². The number of hydrogen-bond acceptors (Lipinski definition) is 2. The van der Waals surface area contributed by atoms with Crippen molar-refractivity contribution < 1.29 is 22.2 Å². The SMILES string of the molecule is N/C=C\c1c[nH]c2c(O)cccc12.[CH3-].[Mn]. The Bertz CT molecular complexity index is 463. The van der Waals surface area contributed by atoms with Crippen LogP contribution in [0.15, 0.2) is 30.6 Å². The van der Waals surface area contributed by atoms with E-state index in [9.17, 15) is 5.11 Å². The van der Waals surface area contributed by atoms with E-state index in [4.69, 9.17) is 5.73 Å². The first kappa shape index (κ1) is 13.6. The standard InChI is InChI=1S/C10H10N2O.CH3.Mn/c11-5-4-7-6-12-10-8(7)2-1-3-9(10)13;;/h1-6,12-13H,11H2;1H3;/q;-1;/b5-4-;;. The molecule has 0 aliphatic carbocycles. The van der Waals surface area contributed by atoms with Crippen LogP contribution >= 0.6 is 0 Å². The number of phenolic OH excluding ortho intramolecular Hbond substituents is 1. The van der Waals surface area contributed by atoms with Gasteiger partial charge in [-0.3, -0.25) is 0 Å². The van der Waals surface area contributed by atoms with Crippen LogP contribution in [0.1, 0.15) is 5.56 Å². The summed E-state index contributed by atoms with van der Waals surface area (Å²) in [5, 5.41) is 10.4. The van der Waals surface area contributed by atoms with Crippen molar-refractivity contribution in [3.63, 3.8) is 0 Å². The monoisotopic (exact) mass is 244 g/mol. The zero-order chi connectivity index (χ0) is 9.26. The van der Waals surface area contributed by atoms with Crippen LogP contribution in [0, 0.1) is 7.43 Å². The summed E-state index contributed by atoms with van der Waals surface area (Å²) in [7, 11) is 0. The number of fused-ring (bicyclic) bond motifs is 1. The molecule has 0 atom stereocenters. The second-order valence-corrected chi connectivity index (χ2v) is 2.80. The van der Waals surface area contributed by atoms with Gasteiger partial charge in [0, 0.05) is 34.2 Å². The molecule has 0 bridgehead atoms. The predicted octanol–water partition coefficient (Wildman–Crippen LogP) is 2.25. The van der Waals surface area contributed by atoms with Crippen molar-refractivity contribution in [2.75, 3.05) is 0 Å². The summed E-state index contributed by atoms with van der Waals surface area (Å²) < 4.78 is 0. The molecule has 0 fully saturated rings. The summed E-state index contributed by atoms with van der Waals surface area (Å²) in [6.45, 7) is 0. The van der Waals surface area contributed by atoms with Gasteiger partial charge in [0.05, 0.1) is 5.52 Å². The first-order valence-corrected chi connectivity index (χ1v) is 4.00. The Labute approximate surface area is 99.5 Å². The Hall–Kier alpha value is -1.38. The van der Waals surface area contributed by atoms with Crippen molar-refractivity contribution in [3.05, 3.63) is 43.6 Å². The van der Waals surface area contributed by atoms with Gasteiger partial charge in [0.25, 0.3) is 0 Å². The first-order chi connectivity index (χ1) is 6.33. The Morgan fingerprint density at radius 2 is 2.07 bits per heavy atom. The van der Waals surface area contributed by atoms with Gasteiger partial charge in [0.1, 0.15) is 5.75 Å². The molecule has 81 valence electrons. The quantitative estimate of drug-likeness (QED) is 0.532. The van der Waals surface area contributed by atoms with Crippen molar-refractivity contribution in [1.82, 2.24) is 4.98 Å². The van der Waals surface area contributed by atoms with Crippen LogP contribution in [-0.4, -0.2) is 10.1 Å². The van der Waals surface area contributed by atoms with Gasteiger partial charge in [0.15, 0.2) is 0 Å². The zero-order valence-corrected chi connectivity index (χ0v) is 9.55. The molecule has 0 unspecified atom stereocenters. The van der Waals surface area contributed by atoms with Crippen LogP contribution in [0.5, 0.6) is 5.75 Å². The second kappa shape index (κ2) is 5.49. The molecular formula is C11H13MnN2O-. The number of aromatic hydroxyl groups is 1. The van der Waals surface area contributed by atoms with E-state index in [0.717, 1.165) is 16.5 Å². The van der Waals surface area contributed by atoms with Crippen LogP contribution in [-0.2, 0) is 17.1 Å². The molecule has 3 nitrogen and oxygen atoms in total. The second-order valence-electron chi connectivity index (χ2n) is 2.80. The number of hydrogen-bond donors (Lipinski definition) is 3. The number of nitrogens with two attached hydrogens (primary N) is 1. The number of phenols is 1. The molecule has 2 aromatic rings. The average molecular weight is 244 g/mol. The number of aromatic nitrogens is 1. The van der Waals surface area contributed by atoms with Gasteiger partial charge in [0.2, 0.25) is 0 Å². The van der Waals surface area contributed by atoms with E-state index in [0.29, 0.717) is 0 Å². The van der Waals surface area contributed by atoms with E-state index in [1.807, 2.05) is 12.3 Å². The van der Waals surface area contributed by atoms with Gasteiger partial charge in [-0.1, -0.05) is 12.1 Å². The minimum Gasteiger partial charge on any atom is -0.506 e. The van der Waals surface area contributed by atoms with Crippen molar-refractivity contribution in [2.45, 2.75) is 0 Å². The van der Waals surface area contributed by atoms with Gasteiger partial charge in [-0.05, 0) is 18.3 Å². The molecule has 1 heterocycles. The van der Waals surface area contributed by atoms with E-state index in [1.165, 1.54) is 6.20 Å². The van der Waals surface area contributed by atoms with E-state index < -0.39 is 0 Å². The van der Waals surface area contributed by atoms with E-state index in [1.54, 1.807) is 18.2 Å².